The van der Waals surface area contributed by atoms with Gasteiger partial charge in [-0.1, -0.05) is 23.2 Å². The highest BCUT2D eigenvalue weighted by molar-refractivity contribution is 6.42. The first-order valence-corrected chi connectivity index (χ1v) is 8.41. The molecule has 8 heteroatoms. The number of methoxy groups -OCH3 is 1. The molecule has 2 N–H and O–H groups in total. The molecule has 0 radical (unpaired) electrons. The van der Waals surface area contributed by atoms with Gasteiger partial charge in [-0.2, -0.15) is 0 Å². The minimum absolute atomic E-state index is 0. The second-order valence-corrected chi connectivity index (χ2v) is 6.41. The minimum atomic E-state index is -0.237. The molecule has 1 aliphatic rings. The van der Waals surface area contributed by atoms with Crippen LogP contribution in [0.15, 0.2) is 18.2 Å². The fraction of sp³-hybridized carbons (Fsp3) is 0.562. The summed E-state index contributed by atoms with van der Waals surface area (Å²) in [6.45, 7) is 1.63. The molecule has 1 amide bonds. The van der Waals surface area contributed by atoms with Crippen LogP contribution in [-0.4, -0.2) is 49.8 Å². The highest BCUT2D eigenvalue weighted by Crippen LogP contribution is 2.28. The van der Waals surface area contributed by atoms with Crippen LogP contribution in [0.3, 0.4) is 0 Å². The molecule has 0 bridgehead atoms. The maximum Gasteiger partial charge on any atom is 0.225 e. The monoisotopic (exact) mass is 396 g/mol. The molecule has 0 spiro atoms. The Kier molecular flexibility index (Phi) is 9.16. The van der Waals surface area contributed by atoms with Gasteiger partial charge in [0, 0.05) is 26.3 Å². The Labute approximate surface area is 158 Å². The molecule has 24 heavy (non-hydrogen) atoms. The zero-order valence-corrected chi connectivity index (χ0v) is 15.9. The first-order chi connectivity index (χ1) is 11.0. The molecule has 1 aromatic carbocycles. The van der Waals surface area contributed by atoms with Crippen LogP contribution < -0.4 is 10.5 Å². The van der Waals surface area contributed by atoms with E-state index in [0.717, 1.165) is 19.4 Å². The number of piperidine rings is 1. The summed E-state index contributed by atoms with van der Waals surface area (Å²) in [4.78, 5) is 14.1. The minimum Gasteiger partial charge on any atom is -0.489 e. The molecule has 1 heterocycles. The number of likely N-dealkylation sites (tertiary alicyclic amines) is 1. The molecule has 2 unspecified atom stereocenters. The second kappa shape index (κ2) is 10.3. The lowest BCUT2D eigenvalue weighted by molar-refractivity contribution is -0.136. The zero-order valence-electron chi connectivity index (χ0n) is 13.5. The summed E-state index contributed by atoms with van der Waals surface area (Å²) in [5, 5.41) is 0.950. The molecule has 1 saturated heterocycles. The van der Waals surface area contributed by atoms with Gasteiger partial charge >= 0.3 is 0 Å². The van der Waals surface area contributed by atoms with Crippen molar-refractivity contribution in [2.45, 2.75) is 31.5 Å². The number of ether oxygens (including phenoxy) is 2. The second-order valence-electron chi connectivity index (χ2n) is 5.60. The fourth-order valence-corrected chi connectivity index (χ4v) is 2.88. The van der Waals surface area contributed by atoms with Crippen LogP contribution in [0, 0.1) is 0 Å². The molecule has 1 aromatic rings. The van der Waals surface area contributed by atoms with Crippen LogP contribution in [0.1, 0.15) is 19.3 Å². The van der Waals surface area contributed by atoms with E-state index in [0.29, 0.717) is 35.3 Å². The number of hydrogen-bond acceptors (Lipinski definition) is 4. The van der Waals surface area contributed by atoms with Crippen molar-refractivity contribution in [1.82, 2.24) is 4.90 Å². The number of nitrogens with zero attached hydrogens (tertiary/aromatic N) is 1. The quantitative estimate of drug-likeness (QED) is 0.801. The normalized spacial score (nSPS) is 18.7. The Balaban J connectivity index is 0.00000288. The highest BCUT2D eigenvalue weighted by Gasteiger charge is 2.26. The van der Waals surface area contributed by atoms with Crippen molar-refractivity contribution in [2.24, 2.45) is 5.73 Å². The lowest BCUT2D eigenvalue weighted by atomic mass is 10.1. The van der Waals surface area contributed by atoms with Crippen LogP contribution in [0.5, 0.6) is 5.75 Å². The van der Waals surface area contributed by atoms with Gasteiger partial charge in [0.15, 0.2) is 0 Å². The molecule has 1 aliphatic heterocycles. The number of carbonyl (C=O) groups excluding carboxylic acids is 1. The van der Waals surface area contributed by atoms with Crippen LogP contribution >= 0.6 is 35.6 Å². The first kappa shape index (κ1) is 21.3. The number of benzene rings is 1. The van der Waals surface area contributed by atoms with Crippen molar-refractivity contribution in [2.75, 3.05) is 26.7 Å². The van der Waals surface area contributed by atoms with Gasteiger partial charge in [-0.3, -0.25) is 4.79 Å². The lowest BCUT2D eigenvalue weighted by Crippen LogP contribution is -2.45. The average Bonchev–Trinajstić information content (AvgIpc) is 2.56. The van der Waals surface area contributed by atoms with E-state index in [4.69, 9.17) is 38.4 Å². The van der Waals surface area contributed by atoms with E-state index in [1.807, 2.05) is 4.90 Å². The van der Waals surface area contributed by atoms with E-state index in [1.165, 1.54) is 0 Å². The molecule has 2 atom stereocenters. The van der Waals surface area contributed by atoms with Gasteiger partial charge in [0.2, 0.25) is 5.91 Å². The van der Waals surface area contributed by atoms with Gasteiger partial charge in [0.05, 0.1) is 29.1 Å². The molecule has 136 valence electrons. The predicted molar refractivity (Wildman–Crippen MR) is 98.4 cm³/mol. The zero-order chi connectivity index (χ0) is 16.8. The molecular weight excluding hydrogens is 375 g/mol. The number of carbonyl (C=O) groups is 1. The summed E-state index contributed by atoms with van der Waals surface area (Å²) in [5.74, 6) is 0.708. The van der Waals surface area contributed by atoms with Gasteiger partial charge in [-0.15, -0.1) is 12.4 Å². The van der Waals surface area contributed by atoms with Gasteiger partial charge in [0.25, 0.3) is 0 Å². The number of halogens is 3. The molecule has 0 saturated carbocycles. The van der Waals surface area contributed by atoms with Crippen molar-refractivity contribution in [3.63, 3.8) is 0 Å². The van der Waals surface area contributed by atoms with E-state index in [9.17, 15) is 4.79 Å². The van der Waals surface area contributed by atoms with E-state index >= 15 is 0 Å². The third-order valence-corrected chi connectivity index (χ3v) is 4.66. The Morgan fingerprint density at radius 1 is 1.42 bits per heavy atom. The van der Waals surface area contributed by atoms with Gasteiger partial charge < -0.3 is 20.1 Å². The summed E-state index contributed by atoms with van der Waals surface area (Å²) in [6, 6.07) is 5.18. The van der Waals surface area contributed by atoms with Crippen LogP contribution in [0.4, 0.5) is 0 Å². The highest BCUT2D eigenvalue weighted by atomic mass is 35.5. The maximum absolute atomic E-state index is 12.3. The largest absolute Gasteiger partial charge is 0.489 e. The van der Waals surface area contributed by atoms with Crippen LogP contribution in [0.2, 0.25) is 10.0 Å². The van der Waals surface area contributed by atoms with Crippen molar-refractivity contribution < 1.29 is 14.3 Å². The van der Waals surface area contributed by atoms with Gasteiger partial charge in [-0.05, 0) is 25.0 Å². The van der Waals surface area contributed by atoms with Gasteiger partial charge in [0.1, 0.15) is 11.9 Å². The molecule has 5 nitrogen and oxygen atoms in total. The van der Waals surface area contributed by atoms with E-state index in [2.05, 4.69) is 0 Å². The van der Waals surface area contributed by atoms with E-state index < -0.39 is 0 Å². The van der Waals surface area contributed by atoms with E-state index in [1.54, 1.807) is 25.3 Å². The van der Waals surface area contributed by atoms with Crippen LogP contribution in [0.25, 0.3) is 0 Å². The smallest absolute Gasteiger partial charge is 0.225 e. The third kappa shape index (κ3) is 5.97. The standard InChI is InChI=1S/C16H22Cl2N2O3.ClH/c1-22-13(9-19)8-16(21)20-6-2-3-12(10-20)23-11-4-5-14(17)15(18)7-11;/h4-5,7,12-13H,2-3,6,8-10,19H2,1H3;1H. The topological polar surface area (TPSA) is 64.8 Å². The summed E-state index contributed by atoms with van der Waals surface area (Å²) in [7, 11) is 1.57. The fourth-order valence-electron chi connectivity index (χ4n) is 2.59. The predicted octanol–water partition coefficient (Wildman–Crippen LogP) is 3.15. The summed E-state index contributed by atoms with van der Waals surface area (Å²) >= 11 is 11.9. The Hall–Kier alpha value is -0.720. The molecule has 2 rings (SSSR count). The maximum atomic E-state index is 12.3. The van der Waals surface area contributed by atoms with Crippen molar-refractivity contribution >= 4 is 41.5 Å². The Bertz CT molecular complexity index is 541. The lowest BCUT2D eigenvalue weighted by Gasteiger charge is -2.33. The SMILES string of the molecule is COC(CN)CC(=O)N1CCCC(Oc2ccc(Cl)c(Cl)c2)C1.Cl. The molecule has 0 aliphatic carbocycles. The third-order valence-electron chi connectivity index (χ3n) is 3.92. The Morgan fingerprint density at radius 3 is 2.79 bits per heavy atom. The number of hydrogen-bond donors (Lipinski definition) is 1. The average molecular weight is 398 g/mol. The van der Waals surface area contributed by atoms with Crippen molar-refractivity contribution in [3.8, 4) is 5.75 Å². The molecule has 0 aromatic heterocycles. The number of amides is 1. The van der Waals surface area contributed by atoms with Crippen molar-refractivity contribution in [1.29, 1.82) is 0 Å². The first-order valence-electron chi connectivity index (χ1n) is 7.65. The van der Waals surface area contributed by atoms with E-state index in [-0.39, 0.29) is 30.5 Å². The number of nitrogens with two attached hydrogens (primary N) is 1. The molecule has 1 fully saturated rings. The summed E-state index contributed by atoms with van der Waals surface area (Å²) < 4.78 is 11.1. The van der Waals surface area contributed by atoms with Crippen LogP contribution in [-0.2, 0) is 9.53 Å². The van der Waals surface area contributed by atoms with Crippen molar-refractivity contribution in [3.05, 3.63) is 28.2 Å². The Morgan fingerprint density at radius 2 is 2.17 bits per heavy atom. The van der Waals surface area contributed by atoms with Gasteiger partial charge in [-0.25, -0.2) is 0 Å². The summed E-state index contributed by atoms with van der Waals surface area (Å²) in [6.07, 6.45) is 1.81. The number of rotatable bonds is 6. The summed E-state index contributed by atoms with van der Waals surface area (Å²) in [5.41, 5.74) is 5.57. The molecular formula is C16H23Cl3N2O3.